The smallest absolute Gasteiger partial charge is 0.317 e. The summed E-state index contributed by atoms with van der Waals surface area (Å²) in [6, 6.07) is 0.560. The lowest BCUT2D eigenvalue weighted by Gasteiger charge is -2.34. The molecule has 0 aromatic heterocycles. The number of carbonyl (C=O) groups is 1. The fourth-order valence-corrected chi connectivity index (χ4v) is 2.28. The van der Waals surface area contributed by atoms with Gasteiger partial charge in [0.15, 0.2) is 0 Å². The molecule has 4 nitrogen and oxygen atoms in total. The fraction of sp³-hybridized carbons (Fsp3) is 0.923. The Morgan fingerprint density at radius 1 is 1.29 bits per heavy atom. The zero-order valence-electron chi connectivity index (χ0n) is 11.3. The molecular weight excluding hydrogens is 214 g/mol. The van der Waals surface area contributed by atoms with Crippen LogP contribution in [0.2, 0.25) is 0 Å². The molecule has 1 heterocycles. The molecule has 0 bridgehead atoms. The second-order valence-electron chi connectivity index (χ2n) is 4.76. The van der Waals surface area contributed by atoms with Crippen molar-refractivity contribution < 1.29 is 4.79 Å². The van der Waals surface area contributed by atoms with E-state index in [1.807, 2.05) is 4.90 Å². The third-order valence-corrected chi connectivity index (χ3v) is 3.28. The summed E-state index contributed by atoms with van der Waals surface area (Å²) in [6.07, 6.45) is 5.40. The van der Waals surface area contributed by atoms with Gasteiger partial charge in [-0.25, -0.2) is 4.79 Å². The van der Waals surface area contributed by atoms with E-state index in [-0.39, 0.29) is 6.03 Å². The summed E-state index contributed by atoms with van der Waals surface area (Å²) in [4.78, 5) is 14.1. The minimum Gasteiger partial charge on any atom is -0.338 e. The van der Waals surface area contributed by atoms with Crippen LogP contribution < -0.4 is 10.6 Å². The highest BCUT2D eigenvalue weighted by Gasteiger charge is 2.24. The van der Waals surface area contributed by atoms with Crippen LogP contribution in [-0.4, -0.2) is 43.2 Å². The lowest BCUT2D eigenvalue weighted by atomic mass is 10.0. The SMILES string of the molecule is CCCCNC(=O)N(CCC)C1CCNCC1. The Balaban J connectivity index is 2.42. The Morgan fingerprint density at radius 3 is 2.59 bits per heavy atom. The summed E-state index contributed by atoms with van der Waals surface area (Å²) in [6.45, 7) is 8.03. The molecule has 0 atom stereocenters. The number of urea groups is 1. The van der Waals surface area contributed by atoms with Crippen LogP contribution in [0.3, 0.4) is 0 Å². The number of hydrogen-bond donors (Lipinski definition) is 2. The molecule has 0 aliphatic carbocycles. The topological polar surface area (TPSA) is 44.4 Å². The first-order chi connectivity index (χ1) is 8.29. The highest BCUT2D eigenvalue weighted by Crippen LogP contribution is 2.12. The van der Waals surface area contributed by atoms with Gasteiger partial charge in [0.25, 0.3) is 0 Å². The lowest BCUT2D eigenvalue weighted by Crippen LogP contribution is -2.50. The van der Waals surface area contributed by atoms with Crippen LogP contribution in [0, 0.1) is 0 Å². The minimum atomic E-state index is 0.132. The highest BCUT2D eigenvalue weighted by atomic mass is 16.2. The molecule has 1 fully saturated rings. The number of unbranched alkanes of at least 4 members (excludes halogenated alkanes) is 1. The third kappa shape index (κ3) is 4.94. The molecule has 0 aromatic rings. The monoisotopic (exact) mass is 241 g/mol. The van der Waals surface area contributed by atoms with Crippen LogP contribution in [0.15, 0.2) is 0 Å². The van der Waals surface area contributed by atoms with Crippen LogP contribution >= 0.6 is 0 Å². The second kappa shape index (κ2) is 8.34. The molecule has 2 N–H and O–H groups in total. The lowest BCUT2D eigenvalue weighted by molar-refractivity contribution is 0.159. The summed E-state index contributed by atoms with van der Waals surface area (Å²) < 4.78 is 0. The van der Waals surface area contributed by atoms with E-state index in [1.165, 1.54) is 0 Å². The normalized spacial score (nSPS) is 16.8. The van der Waals surface area contributed by atoms with Gasteiger partial charge in [-0.15, -0.1) is 0 Å². The summed E-state index contributed by atoms with van der Waals surface area (Å²) in [5.74, 6) is 0. The Morgan fingerprint density at radius 2 is 2.00 bits per heavy atom. The number of amides is 2. The number of nitrogens with one attached hydrogen (secondary N) is 2. The van der Waals surface area contributed by atoms with Crippen LogP contribution in [0.4, 0.5) is 4.79 Å². The highest BCUT2D eigenvalue weighted by molar-refractivity contribution is 5.74. The summed E-state index contributed by atoms with van der Waals surface area (Å²) in [5, 5.41) is 6.38. The average molecular weight is 241 g/mol. The van der Waals surface area contributed by atoms with E-state index in [0.29, 0.717) is 6.04 Å². The first-order valence-corrected chi connectivity index (χ1v) is 7.04. The molecule has 100 valence electrons. The molecule has 0 aromatic carbocycles. The molecule has 4 heteroatoms. The van der Waals surface area contributed by atoms with Gasteiger partial charge >= 0.3 is 6.03 Å². The van der Waals surface area contributed by atoms with Gasteiger partial charge in [0.05, 0.1) is 0 Å². The average Bonchev–Trinajstić information content (AvgIpc) is 2.37. The molecule has 1 aliphatic rings. The van der Waals surface area contributed by atoms with Crippen LogP contribution in [-0.2, 0) is 0 Å². The first kappa shape index (κ1) is 14.3. The van der Waals surface area contributed by atoms with Crippen molar-refractivity contribution in [2.45, 2.75) is 52.0 Å². The number of rotatable bonds is 6. The summed E-state index contributed by atoms with van der Waals surface area (Å²) in [7, 11) is 0. The Labute approximate surface area is 105 Å². The zero-order valence-corrected chi connectivity index (χ0v) is 11.3. The second-order valence-corrected chi connectivity index (χ2v) is 4.76. The summed E-state index contributed by atoms with van der Waals surface area (Å²) in [5.41, 5.74) is 0. The van der Waals surface area contributed by atoms with E-state index < -0.39 is 0 Å². The van der Waals surface area contributed by atoms with Gasteiger partial charge in [0.2, 0.25) is 0 Å². The quantitative estimate of drug-likeness (QED) is 0.698. The predicted octanol–water partition coefficient (Wildman–Crippen LogP) is 1.96. The Kier molecular flexibility index (Phi) is 7.01. The van der Waals surface area contributed by atoms with Crippen molar-refractivity contribution in [3.63, 3.8) is 0 Å². The maximum atomic E-state index is 12.1. The zero-order chi connectivity index (χ0) is 12.5. The molecule has 1 aliphatic heterocycles. The van der Waals surface area contributed by atoms with Crippen molar-refractivity contribution in [1.82, 2.24) is 15.5 Å². The van der Waals surface area contributed by atoms with Crippen molar-refractivity contribution in [3.8, 4) is 0 Å². The maximum absolute atomic E-state index is 12.1. The Hall–Kier alpha value is -0.770. The van der Waals surface area contributed by atoms with E-state index >= 15 is 0 Å². The van der Waals surface area contributed by atoms with Crippen LogP contribution in [0.25, 0.3) is 0 Å². The fourth-order valence-electron chi connectivity index (χ4n) is 2.28. The number of piperidine rings is 1. The van der Waals surface area contributed by atoms with Crippen molar-refractivity contribution >= 4 is 6.03 Å². The minimum absolute atomic E-state index is 0.132. The maximum Gasteiger partial charge on any atom is 0.317 e. The van der Waals surface area contributed by atoms with E-state index in [2.05, 4.69) is 24.5 Å². The van der Waals surface area contributed by atoms with Crippen LogP contribution in [0.5, 0.6) is 0 Å². The van der Waals surface area contributed by atoms with Gasteiger partial charge in [-0.2, -0.15) is 0 Å². The van der Waals surface area contributed by atoms with E-state index in [9.17, 15) is 4.79 Å². The standard InChI is InChI=1S/C13H27N3O/c1-3-5-8-15-13(17)16(11-4-2)12-6-9-14-10-7-12/h12,14H,3-11H2,1-2H3,(H,15,17). The van der Waals surface area contributed by atoms with Gasteiger partial charge in [-0.05, 0) is 38.8 Å². The molecule has 0 spiro atoms. The van der Waals surface area contributed by atoms with Crippen LogP contribution in [0.1, 0.15) is 46.0 Å². The van der Waals surface area contributed by atoms with Crippen molar-refractivity contribution in [3.05, 3.63) is 0 Å². The largest absolute Gasteiger partial charge is 0.338 e. The Bertz CT molecular complexity index is 215. The van der Waals surface area contributed by atoms with Gasteiger partial charge < -0.3 is 15.5 Å². The first-order valence-electron chi connectivity index (χ1n) is 7.04. The third-order valence-electron chi connectivity index (χ3n) is 3.28. The molecule has 0 unspecified atom stereocenters. The van der Waals surface area contributed by atoms with Crippen molar-refractivity contribution in [2.24, 2.45) is 0 Å². The van der Waals surface area contributed by atoms with E-state index in [4.69, 9.17) is 0 Å². The van der Waals surface area contributed by atoms with Crippen molar-refractivity contribution in [1.29, 1.82) is 0 Å². The molecule has 1 rings (SSSR count). The molecule has 0 saturated carbocycles. The van der Waals surface area contributed by atoms with Gasteiger partial charge in [-0.3, -0.25) is 0 Å². The van der Waals surface area contributed by atoms with E-state index in [0.717, 1.165) is 58.3 Å². The number of carbonyl (C=O) groups excluding carboxylic acids is 1. The van der Waals surface area contributed by atoms with Gasteiger partial charge in [-0.1, -0.05) is 20.3 Å². The van der Waals surface area contributed by atoms with Gasteiger partial charge in [0.1, 0.15) is 0 Å². The van der Waals surface area contributed by atoms with Crippen molar-refractivity contribution in [2.75, 3.05) is 26.2 Å². The molecular formula is C13H27N3O. The van der Waals surface area contributed by atoms with Gasteiger partial charge in [0, 0.05) is 19.1 Å². The number of nitrogens with zero attached hydrogens (tertiary/aromatic N) is 1. The number of hydrogen-bond acceptors (Lipinski definition) is 2. The predicted molar refractivity (Wildman–Crippen MR) is 71.2 cm³/mol. The molecule has 0 radical (unpaired) electrons. The molecule has 2 amide bonds. The summed E-state index contributed by atoms with van der Waals surface area (Å²) >= 11 is 0. The van der Waals surface area contributed by atoms with E-state index in [1.54, 1.807) is 0 Å². The molecule has 1 saturated heterocycles. The molecule has 17 heavy (non-hydrogen) atoms.